The molecule has 6 nitrogen and oxygen atoms in total. The number of carbonyl (C=O) groups excluding carboxylic acids is 3. The molecule has 0 aromatic carbocycles. The summed E-state index contributed by atoms with van der Waals surface area (Å²) in [4.78, 5) is 38.2. The van der Waals surface area contributed by atoms with Crippen LogP contribution in [0.1, 0.15) is 290 Å². The van der Waals surface area contributed by atoms with Crippen molar-refractivity contribution in [1.82, 2.24) is 0 Å². The zero-order chi connectivity index (χ0) is 52.9. The molecule has 0 aliphatic heterocycles. The Bertz CT molecular complexity index is 1440. The monoisotopic (exact) mass is 1010 g/mol. The molecule has 0 fully saturated rings. The molecule has 0 rings (SSSR count). The number of ether oxygens (including phenoxy) is 3. The second-order valence-electron chi connectivity index (χ2n) is 20.2. The van der Waals surface area contributed by atoms with Crippen LogP contribution in [0.5, 0.6) is 0 Å². The first kappa shape index (κ1) is 69.3. The van der Waals surface area contributed by atoms with E-state index in [1.54, 1.807) is 0 Å². The van der Waals surface area contributed by atoms with Gasteiger partial charge in [0.1, 0.15) is 13.2 Å². The summed E-state index contributed by atoms with van der Waals surface area (Å²) in [5.74, 6) is -0.924. The zero-order valence-electron chi connectivity index (χ0n) is 47.9. The van der Waals surface area contributed by atoms with Gasteiger partial charge in [0.05, 0.1) is 0 Å². The van der Waals surface area contributed by atoms with Gasteiger partial charge in [-0.1, -0.05) is 266 Å². The van der Waals surface area contributed by atoms with Crippen LogP contribution in [0.4, 0.5) is 0 Å². The Labute approximate surface area is 451 Å². The molecular weight excluding hydrogens is 901 g/mol. The second-order valence-corrected chi connectivity index (χ2v) is 20.2. The third-order valence-corrected chi connectivity index (χ3v) is 13.1. The van der Waals surface area contributed by atoms with Crippen LogP contribution in [0.25, 0.3) is 0 Å². The van der Waals surface area contributed by atoms with Crippen molar-refractivity contribution in [2.24, 2.45) is 0 Å². The van der Waals surface area contributed by atoms with E-state index in [1.807, 2.05) is 0 Å². The maximum Gasteiger partial charge on any atom is 0.306 e. The van der Waals surface area contributed by atoms with Gasteiger partial charge in [0.15, 0.2) is 6.10 Å². The van der Waals surface area contributed by atoms with Crippen molar-refractivity contribution in [3.8, 4) is 0 Å². The lowest BCUT2D eigenvalue weighted by Crippen LogP contribution is -2.30. The van der Waals surface area contributed by atoms with E-state index in [4.69, 9.17) is 14.2 Å². The normalized spacial score (nSPS) is 12.8. The van der Waals surface area contributed by atoms with Crippen molar-refractivity contribution in [3.05, 3.63) is 97.2 Å². The predicted octanol–water partition coefficient (Wildman–Crippen LogP) is 20.9. The van der Waals surface area contributed by atoms with Gasteiger partial charge in [-0.05, 0) is 103 Å². The van der Waals surface area contributed by atoms with Gasteiger partial charge in [-0.3, -0.25) is 14.4 Å². The van der Waals surface area contributed by atoms with Gasteiger partial charge in [0, 0.05) is 19.3 Å². The van der Waals surface area contributed by atoms with Crippen LogP contribution in [-0.2, 0) is 28.6 Å². The third kappa shape index (κ3) is 59.1. The molecule has 6 heteroatoms. The van der Waals surface area contributed by atoms with E-state index in [1.165, 1.54) is 135 Å². The zero-order valence-corrected chi connectivity index (χ0v) is 47.9. The first-order chi connectivity index (χ1) is 36.0. The smallest absolute Gasteiger partial charge is 0.306 e. The number of unbranched alkanes of at least 4 members (excludes halogenated alkanes) is 28. The molecule has 418 valence electrons. The lowest BCUT2D eigenvalue weighted by Gasteiger charge is -2.18. The second kappa shape index (κ2) is 60.9. The first-order valence-electron chi connectivity index (χ1n) is 30.7. The Morgan fingerprint density at radius 2 is 0.534 bits per heavy atom. The van der Waals surface area contributed by atoms with Gasteiger partial charge in [0.25, 0.3) is 0 Å². The van der Waals surface area contributed by atoms with E-state index in [0.717, 1.165) is 116 Å². The molecule has 0 aromatic heterocycles. The summed E-state index contributed by atoms with van der Waals surface area (Å²) >= 11 is 0. The minimum Gasteiger partial charge on any atom is -0.462 e. The number of hydrogen-bond donors (Lipinski definition) is 0. The predicted molar refractivity (Wildman–Crippen MR) is 316 cm³/mol. The highest BCUT2D eigenvalue weighted by atomic mass is 16.6. The minimum atomic E-state index is -0.798. The van der Waals surface area contributed by atoms with Crippen molar-refractivity contribution in [2.75, 3.05) is 13.2 Å². The standard InChI is InChI=1S/C67H114O6/c1-4-7-10-13-16-19-22-25-27-29-31-32-33-34-36-37-39-42-45-48-51-54-57-60-66(69)72-63-64(62-71-65(68)59-56-53-50-47-44-41-24-21-18-15-12-9-6-3)73-67(70)61-58-55-52-49-46-43-40-38-35-30-28-26-23-20-17-14-11-8-5-2/h8,11,17,20,22,25-26,28-29,31,33-35,38,43,46,64H,4-7,9-10,12-16,18-19,21,23-24,27,30,32,36-37,39-42,44-45,47-63H2,1-3H3/b11-8-,20-17-,25-22-,28-26-,31-29-,34-33-,38-35-,46-43-. The third-order valence-electron chi connectivity index (χ3n) is 13.1. The van der Waals surface area contributed by atoms with Crippen LogP contribution in [0.15, 0.2) is 97.2 Å². The van der Waals surface area contributed by atoms with Gasteiger partial charge in [0.2, 0.25) is 0 Å². The maximum absolute atomic E-state index is 12.9. The molecular formula is C67H114O6. The fraction of sp³-hybridized carbons (Fsp3) is 0.716. The van der Waals surface area contributed by atoms with E-state index in [2.05, 4.69) is 118 Å². The van der Waals surface area contributed by atoms with E-state index in [9.17, 15) is 14.4 Å². The van der Waals surface area contributed by atoms with Crippen LogP contribution < -0.4 is 0 Å². The quantitative estimate of drug-likeness (QED) is 0.0261. The molecule has 0 N–H and O–H groups in total. The first-order valence-corrected chi connectivity index (χ1v) is 30.7. The van der Waals surface area contributed by atoms with Crippen molar-refractivity contribution < 1.29 is 28.6 Å². The summed E-state index contributed by atoms with van der Waals surface area (Å²) in [6, 6.07) is 0. The molecule has 0 spiro atoms. The van der Waals surface area contributed by atoms with Gasteiger partial charge in [-0.2, -0.15) is 0 Å². The number of esters is 3. The Kier molecular flexibility index (Phi) is 57.8. The van der Waals surface area contributed by atoms with Crippen molar-refractivity contribution in [3.63, 3.8) is 0 Å². The molecule has 0 saturated carbocycles. The SMILES string of the molecule is CC/C=C\C/C=C\C/C=C\C/C=C\C/C=C\CCCCCC(=O)OC(COC(=O)CCCCCCCCCC/C=C\C/C=C\C/C=C\CCCCCCC)COC(=O)CCCCCCCCCCCCCCC. The number of hydrogen-bond acceptors (Lipinski definition) is 6. The molecule has 0 bridgehead atoms. The fourth-order valence-electron chi connectivity index (χ4n) is 8.48. The molecule has 0 aliphatic rings. The average molecular weight is 1020 g/mol. The highest BCUT2D eigenvalue weighted by molar-refractivity contribution is 5.71. The lowest BCUT2D eigenvalue weighted by molar-refractivity contribution is -0.167. The van der Waals surface area contributed by atoms with E-state index in [-0.39, 0.29) is 37.5 Å². The number of rotatable bonds is 55. The van der Waals surface area contributed by atoms with Gasteiger partial charge in [-0.25, -0.2) is 0 Å². The molecule has 0 aromatic rings. The van der Waals surface area contributed by atoms with E-state index >= 15 is 0 Å². The maximum atomic E-state index is 12.9. The van der Waals surface area contributed by atoms with Gasteiger partial charge in [-0.15, -0.1) is 0 Å². The average Bonchev–Trinajstić information content (AvgIpc) is 3.39. The topological polar surface area (TPSA) is 78.9 Å². The van der Waals surface area contributed by atoms with E-state index in [0.29, 0.717) is 12.8 Å². The van der Waals surface area contributed by atoms with Crippen LogP contribution in [0.3, 0.4) is 0 Å². The Hall–Kier alpha value is -3.67. The molecule has 0 amide bonds. The molecule has 73 heavy (non-hydrogen) atoms. The molecule has 0 aliphatic carbocycles. The summed E-state index contributed by atoms with van der Waals surface area (Å²) in [5, 5.41) is 0. The van der Waals surface area contributed by atoms with E-state index < -0.39 is 6.10 Å². The molecule has 1 atom stereocenters. The van der Waals surface area contributed by atoms with Crippen LogP contribution >= 0.6 is 0 Å². The summed E-state index contributed by atoms with van der Waals surface area (Å²) < 4.78 is 16.9. The van der Waals surface area contributed by atoms with Crippen LogP contribution in [0.2, 0.25) is 0 Å². The lowest BCUT2D eigenvalue weighted by atomic mass is 10.0. The fourth-order valence-corrected chi connectivity index (χ4v) is 8.48. The Morgan fingerprint density at radius 3 is 0.849 bits per heavy atom. The summed E-state index contributed by atoms with van der Waals surface area (Å²) in [7, 11) is 0. The Morgan fingerprint density at radius 1 is 0.288 bits per heavy atom. The minimum absolute atomic E-state index is 0.0918. The highest BCUT2D eigenvalue weighted by Crippen LogP contribution is 2.15. The largest absolute Gasteiger partial charge is 0.462 e. The molecule has 0 heterocycles. The van der Waals surface area contributed by atoms with Crippen molar-refractivity contribution in [1.29, 1.82) is 0 Å². The molecule has 0 radical (unpaired) electrons. The number of allylic oxidation sites excluding steroid dienone is 16. The molecule has 1 unspecified atom stereocenters. The van der Waals surface area contributed by atoms with Crippen LogP contribution in [-0.4, -0.2) is 37.2 Å². The Balaban J connectivity index is 4.41. The summed E-state index contributed by atoms with van der Waals surface area (Å²) in [5.41, 5.74) is 0. The highest BCUT2D eigenvalue weighted by Gasteiger charge is 2.19. The van der Waals surface area contributed by atoms with Crippen molar-refractivity contribution in [2.45, 2.75) is 297 Å². The number of carbonyl (C=O) groups is 3. The summed E-state index contributed by atoms with van der Waals surface area (Å²) in [6.45, 7) is 6.50. The summed E-state index contributed by atoms with van der Waals surface area (Å²) in [6.07, 6.45) is 81.1. The van der Waals surface area contributed by atoms with Crippen molar-refractivity contribution >= 4 is 17.9 Å². The van der Waals surface area contributed by atoms with Crippen LogP contribution in [0, 0.1) is 0 Å². The van der Waals surface area contributed by atoms with Gasteiger partial charge >= 0.3 is 17.9 Å². The van der Waals surface area contributed by atoms with Gasteiger partial charge < -0.3 is 14.2 Å². The molecule has 0 saturated heterocycles.